The molecule has 0 aliphatic carbocycles. The van der Waals surface area contributed by atoms with Gasteiger partial charge in [-0.05, 0) is 26.0 Å². The minimum Gasteiger partial charge on any atom is -0.392 e. The standard InChI is InChI=1S/C11H15NO4S/c1-8(13)7-12-17(15,16)11-5-3-10(4-6-11)9(2)14/h3-6,8,12-13H,7H2,1-2H3/t8-/m0/s1. The summed E-state index contributed by atoms with van der Waals surface area (Å²) < 4.78 is 25.7. The van der Waals surface area contributed by atoms with Crippen molar-refractivity contribution in [1.82, 2.24) is 4.72 Å². The summed E-state index contributed by atoms with van der Waals surface area (Å²) in [5.41, 5.74) is 0.458. The Morgan fingerprint density at radius 3 is 2.29 bits per heavy atom. The maximum atomic E-state index is 11.7. The van der Waals surface area contributed by atoms with Gasteiger partial charge in [0.2, 0.25) is 10.0 Å². The molecule has 1 rings (SSSR count). The lowest BCUT2D eigenvalue weighted by atomic mass is 10.2. The normalized spacial score (nSPS) is 13.4. The highest BCUT2D eigenvalue weighted by atomic mass is 32.2. The number of nitrogens with one attached hydrogen (secondary N) is 1. The van der Waals surface area contributed by atoms with Crippen molar-refractivity contribution >= 4 is 15.8 Å². The molecule has 0 saturated heterocycles. The second-order valence-corrected chi connectivity index (χ2v) is 5.55. The lowest BCUT2D eigenvalue weighted by Gasteiger charge is -2.08. The first-order chi connectivity index (χ1) is 7.83. The van der Waals surface area contributed by atoms with Crippen LogP contribution >= 0.6 is 0 Å². The Kier molecular flexibility index (Phi) is 4.39. The Hall–Kier alpha value is -1.24. The molecule has 5 nitrogen and oxygen atoms in total. The number of hydrogen-bond acceptors (Lipinski definition) is 4. The third kappa shape index (κ3) is 3.92. The molecule has 1 atom stereocenters. The number of rotatable bonds is 5. The number of ketones is 1. The summed E-state index contributed by atoms with van der Waals surface area (Å²) in [7, 11) is -3.62. The molecule has 17 heavy (non-hydrogen) atoms. The Balaban J connectivity index is 2.89. The lowest BCUT2D eigenvalue weighted by molar-refractivity contribution is 0.101. The van der Waals surface area contributed by atoms with E-state index in [2.05, 4.69) is 4.72 Å². The molecular formula is C11H15NO4S. The van der Waals surface area contributed by atoms with Crippen LogP contribution in [0.2, 0.25) is 0 Å². The van der Waals surface area contributed by atoms with Gasteiger partial charge in [-0.3, -0.25) is 4.79 Å². The van der Waals surface area contributed by atoms with Gasteiger partial charge in [-0.25, -0.2) is 13.1 Å². The van der Waals surface area contributed by atoms with Crippen LogP contribution in [0.5, 0.6) is 0 Å². The molecular weight excluding hydrogens is 242 g/mol. The second-order valence-electron chi connectivity index (χ2n) is 3.78. The summed E-state index contributed by atoms with van der Waals surface area (Å²) in [6.45, 7) is 2.85. The minimum absolute atomic E-state index is 0.0448. The van der Waals surface area contributed by atoms with Crippen molar-refractivity contribution in [3.8, 4) is 0 Å². The van der Waals surface area contributed by atoms with Crippen LogP contribution in [0.15, 0.2) is 29.2 Å². The van der Waals surface area contributed by atoms with Crippen LogP contribution in [-0.4, -0.2) is 32.0 Å². The number of carbonyl (C=O) groups excluding carboxylic acids is 1. The Bertz CT molecular complexity index is 491. The van der Waals surface area contributed by atoms with Gasteiger partial charge in [-0.1, -0.05) is 12.1 Å². The predicted octanol–water partition coefficient (Wildman–Crippen LogP) is 0.548. The first-order valence-corrected chi connectivity index (χ1v) is 6.60. The number of carbonyl (C=O) groups is 1. The zero-order chi connectivity index (χ0) is 13.1. The topological polar surface area (TPSA) is 83.5 Å². The van der Waals surface area contributed by atoms with Crippen molar-refractivity contribution in [3.05, 3.63) is 29.8 Å². The van der Waals surface area contributed by atoms with Gasteiger partial charge in [0, 0.05) is 12.1 Å². The van der Waals surface area contributed by atoms with Crippen molar-refractivity contribution in [1.29, 1.82) is 0 Å². The number of aliphatic hydroxyl groups is 1. The first-order valence-electron chi connectivity index (χ1n) is 5.11. The fourth-order valence-corrected chi connectivity index (χ4v) is 2.30. The van der Waals surface area contributed by atoms with Gasteiger partial charge in [-0.2, -0.15) is 0 Å². The molecule has 6 heteroatoms. The molecule has 0 heterocycles. The van der Waals surface area contributed by atoms with Crippen LogP contribution in [0.3, 0.4) is 0 Å². The Morgan fingerprint density at radius 2 is 1.88 bits per heavy atom. The fraction of sp³-hybridized carbons (Fsp3) is 0.364. The minimum atomic E-state index is -3.62. The summed E-state index contributed by atoms with van der Waals surface area (Å²) in [4.78, 5) is 11.1. The zero-order valence-corrected chi connectivity index (χ0v) is 10.5. The van der Waals surface area contributed by atoms with Crippen LogP contribution in [0, 0.1) is 0 Å². The predicted molar refractivity (Wildman–Crippen MR) is 63.3 cm³/mol. The van der Waals surface area contributed by atoms with Crippen molar-refractivity contribution < 1.29 is 18.3 Å². The molecule has 2 N–H and O–H groups in total. The quantitative estimate of drug-likeness (QED) is 0.754. The smallest absolute Gasteiger partial charge is 0.240 e. The van der Waals surface area contributed by atoms with Crippen LogP contribution in [0.25, 0.3) is 0 Å². The third-order valence-electron chi connectivity index (χ3n) is 2.14. The van der Waals surface area contributed by atoms with Gasteiger partial charge < -0.3 is 5.11 Å². The van der Waals surface area contributed by atoms with E-state index in [4.69, 9.17) is 5.11 Å². The molecule has 1 aromatic rings. The molecule has 0 unspecified atom stereocenters. The molecule has 0 bridgehead atoms. The molecule has 0 radical (unpaired) electrons. The molecule has 0 saturated carbocycles. The molecule has 0 fully saturated rings. The van der Waals surface area contributed by atoms with Gasteiger partial charge in [0.15, 0.2) is 5.78 Å². The van der Waals surface area contributed by atoms with Crippen LogP contribution in [0.4, 0.5) is 0 Å². The Labute approximate surface area is 101 Å². The van der Waals surface area contributed by atoms with E-state index in [-0.39, 0.29) is 17.2 Å². The number of Topliss-reactive ketones (excluding diaryl/α,β-unsaturated/α-hetero) is 1. The molecule has 0 aliphatic heterocycles. The summed E-state index contributed by atoms with van der Waals surface area (Å²) in [5, 5.41) is 9.01. The van der Waals surface area contributed by atoms with E-state index in [1.54, 1.807) is 0 Å². The number of sulfonamides is 1. The third-order valence-corrected chi connectivity index (χ3v) is 3.58. The molecule has 94 valence electrons. The molecule has 0 amide bonds. The Morgan fingerprint density at radius 1 is 1.35 bits per heavy atom. The van der Waals surface area contributed by atoms with E-state index in [0.717, 1.165) is 0 Å². The van der Waals surface area contributed by atoms with Gasteiger partial charge in [-0.15, -0.1) is 0 Å². The first kappa shape index (κ1) is 13.8. The monoisotopic (exact) mass is 257 g/mol. The van der Waals surface area contributed by atoms with E-state index in [1.807, 2.05) is 0 Å². The van der Waals surface area contributed by atoms with Crippen LogP contribution < -0.4 is 4.72 Å². The van der Waals surface area contributed by atoms with Gasteiger partial charge in [0.25, 0.3) is 0 Å². The average Bonchev–Trinajstić information content (AvgIpc) is 2.27. The van der Waals surface area contributed by atoms with Crippen molar-refractivity contribution in [2.45, 2.75) is 24.8 Å². The summed E-state index contributed by atoms with van der Waals surface area (Å²) in [5.74, 6) is -0.120. The second kappa shape index (κ2) is 5.39. The number of benzene rings is 1. The largest absolute Gasteiger partial charge is 0.392 e. The van der Waals surface area contributed by atoms with Gasteiger partial charge >= 0.3 is 0 Å². The summed E-state index contributed by atoms with van der Waals surface area (Å²) >= 11 is 0. The summed E-state index contributed by atoms with van der Waals surface area (Å²) in [6.07, 6.45) is -0.749. The van der Waals surface area contributed by atoms with Gasteiger partial charge in [0.05, 0.1) is 11.0 Å². The molecule has 0 aromatic heterocycles. The summed E-state index contributed by atoms with van der Waals surface area (Å²) in [6, 6.07) is 5.64. The number of aliphatic hydroxyl groups excluding tert-OH is 1. The van der Waals surface area contributed by atoms with Crippen molar-refractivity contribution in [2.24, 2.45) is 0 Å². The van der Waals surface area contributed by atoms with Gasteiger partial charge in [0.1, 0.15) is 0 Å². The SMILES string of the molecule is CC(=O)c1ccc(S(=O)(=O)NC[C@H](C)O)cc1. The fourth-order valence-electron chi connectivity index (χ4n) is 1.18. The zero-order valence-electron chi connectivity index (χ0n) is 9.67. The van der Waals surface area contributed by atoms with Crippen molar-refractivity contribution in [3.63, 3.8) is 0 Å². The van der Waals surface area contributed by atoms with E-state index in [9.17, 15) is 13.2 Å². The maximum Gasteiger partial charge on any atom is 0.240 e. The van der Waals surface area contributed by atoms with Crippen molar-refractivity contribution in [2.75, 3.05) is 6.54 Å². The maximum absolute atomic E-state index is 11.7. The lowest BCUT2D eigenvalue weighted by Crippen LogP contribution is -2.30. The molecule has 1 aromatic carbocycles. The molecule has 0 aliphatic rings. The van der Waals surface area contributed by atoms with Crippen LogP contribution in [-0.2, 0) is 10.0 Å². The highest BCUT2D eigenvalue weighted by Gasteiger charge is 2.14. The van der Waals surface area contributed by atoms with E-state index in [0.29, 0.717) is 5.56 Å². The van der Waals surface area contributed by atoms with E-state index < -0.39 is 16.1 Å². The van der Waals surface area contributed by atoms with E-state index in [1.165, 1.54) is 38.1 Å². The van der Waals surface area contributed by atoms with E-state index >= 15 is 0 Å². The highest BCUT2D eigenvalue weighted by molar-refractivity contribution is 7.89. The van der Waals surface area contributed by atoms with Crippen LogP contribution in [0.1, 0.15) is 24.2 Å². The molecule has 0 spiro atoms. The highest BCUT2D eigenvalue weighted by Crippen LogP contribution is 2.10. The number of hydrogen-bond donors (Lipinski definition) is 2. The average molecular weight is 257 g/mol.